The van der Waals surface area contributed by atoms with Gasteiger partial charge in [-0.3, -0.25) is 4.79 Å². The molecule has 0 saturated carbocycles. The topological polar surface area (TPSA) is 29.1 Å². The summed E-state index contributed by atoms with van der Waals surface area (Å²) in [5, 5.41) is 3.32. The lowest BCUT2D eigenvalue weighted by Crippen LogP contribution is -2.32. The van der Waals surface area contributed by atoms with Gasteiger partial charge in [-0.25, -0.2) is 0 Å². The lowest BCUT2D eigenvalue weighted by atomic mass is 9.95. The Balaban J connectivity index is 0.00000208. The van der Waals surface area contributed by atoms with Crippen molar-refractivity contribution in [2.24, 2.45) is 0 Å². The fourth-order valence-electron chi connectivity index (χ4n) is 2.66. The minimum absolute atomic E-state index is 0. The van der Waals surface area contributed by atoms with Gasteiger partial charge >= 0.3 is 0 Å². The third-order valence-electron chi connectivity index (χ3n) is 4.05. The molecule has 1 N–H and O–H groups in total. The van der Waals surface area contributed by atoms with Crippen molar-refractivity contribution in [2.45, 2.75) is 13.8 Å². The number of benzene rings is 2. The number of Topliss-reactive ketones (excluding diaryl/α,β-unsaturated/α-hetero) is 1. The monoisotopic (exact) mass is 339 g/mol. The molecule has 24 heavy (non-hydrogen) atoms. The largest absolute Gasteiger partial charge is 0.308 e. The molecule has 1 aliphatic heterocycles. The average molecular weight is 340 g/mol. The normalized spacial score (nSPS) is 17.8. The molecule has 1 aliphatic rings. The highest BCUT2D eigenvalue weighted by atomic mass is 35.5. The third kappa shape index (κ3) is 4.44. The van der Waals surface area contributed by atoms with Crippen LogP contribution in [0.3, 0.4) is 0 Å². The molecule has 2 aromatic rings. The van der Waals surface area contributed by atoms with Crippen LogP contribution in [0.15, 0.2) is 59.7 Å². The van der Waals surface area contributed by atoms with E-state index in [1.54, 1.807) is 0 Å². The van der Waals surface area contributed by atoms with Crippen molar-refractivity contribution in [1.82, 2.24) is 5.32 Å². The van der Waals surface area contributed by atoms with Crippen LogP contribution >= 0.6 is 12.4 Å². The fourth-order valence-corrected chi connectivity index (χ4v) is 2.66. The lowest BCUT2D eigenvalue weighted by molar-refractivity contribution is -0.112. The van der Waals surface area contributed by atoms with Crippen molar-refractivity contribution >= 4 is 30.3 Å². The van der Waals surface area contributed by atoms with Gasteiger partial charge in [0.05, 0.1) is 0 Å². The summed E-state index contributed by atoms with van der Waals surface area (Å²) in [6.07, 6.45) is 3.97. The van der Waals surface area contributed by atoms with Gasteiger partial charge in [-0.1, -0.05) is 59.7 Å². The van der Waals surface area contributed by atoms with Gasteiger partial charge in [0.1, 0.15) is 0 Å². The Morgan fingerprint density at radius 2 is 1.12 bits per heavy atom. The molecule has 0 aliphatic carbocycles. The van der Waals surface area contributed by atoms with Crippen molar-refractivity contribution in [2.75, 3.05) is 13.1 Å². The molecular formula is C21H22ClNO. The molecule has 0 bridgehead atoms. The number of piperidine rings is 1. The first-order valence-corrected chi connectivity index (χ1v) is 7.92. The fraction of sp³-hybridized carbons (Fsp3) is 0.190. The summed E-state index contributed by atoms with van der Waals surface area (Å²) >= 11 is 0. The maximum Gasteiger partial charge on any atom is 0.187 e. The van der Waals surface area contributed by atoms with Crippen LogP contribution in [0.4, 0.5) is 0 Å². The van der Waals surface area contributed by atoms with Crippen LogP contribution in [0.25, 0.3) is 12.2 Å². The van der Waals surface area contributed by atoms with Crippen LogP contribution in [-0.2, 0) is 4.79 Å². The maximum atomic E-state index is 12.7. The molecule has 2 aromatic carbocycles. The van der Waals surface area contributed by atoms with Crippen molar-refractivity contribution in [1.29, 1.82) is 0 Å². The molecule has 0 aromatic heterocycles. The summed E-state index contributed by atoms with van der Waals surface area (Å²) in [4.78, 5) is 12.7. The summed E-state index contributed by atoms with van der Waals surface area (Å²) in [5.41, 5.74) is 6.21. The molecule has 1 fully saturated rings. The molecule has 0 amide bonds. The van der Waals surface area contributed by atoms with E-state index in [1.807, 2.05) is 36.4 Å². The Kier molecular flexibility index (Phi) is 6.13. The second kappa shape index (κ2) is 8.09. The van der Waals surface area contributed by atoms with Gasteiger partial charge in [0.2, 0.25) is 0 Å². The first-order valence-electron chi connectivity index (χ1n) is 7.92. The second-order valence-electron chi connectivity index (χ2n) is 6.09. The van der Waals surface area contributed by atoms with Crippen LogP contribution in [0, 0.1) is 13.8 Å². The summed E-state index contributed by atoms with van der Waals surface area (Å²) < 4.78 is 0. The third-order valence-corrected chi connectivity index (χ3v) is 4.05. The van der Waals surface area contributed by atoms with Crippen LogP contribution in [0.5, 0.6) is 0 Å². The van der Waals surface area contributed by atoms with Gasteiger partial charge in [-0.05, 0) is 37.1 Å². The van der Waals surface area contributed by atoms with E-state index >= 15 is 0 Å². The highest BCUT2D eigenvalue weighted by molar-refractivity contribution is 6.14. The van der Waals surface area contributed by atoms with Gasteiger partial charge in [-0.2, -0.15) is 0 Å². The molecule has 0 spiro atoms. The zero-order valence-corrected chi connectivity index (χ0v) is 14.8. The van der Waals surface area contributed by atoms with Gasteiger partial charge in [0, 0.05) is 24.2 Å². The number of halogens is 1. The maximum absolute atomic E-state index is 12.7. The van der Waals surface area contributed by atoms with Crippen molar-refractivity contribution in [3.05, 3.63) is 81.9 Å². The highest BCUT2D eigenvalue weighted by Gasteiger charge is 2.19. The van der Waals surface area contributed by atoms with Crippen LogP contribution in [0.2, 0.25) is 0 Å². The zero-order chi connectivity index (χ0) is 16.2. The van der Waals surface area contributed by atoms with Crippen molar-refractivity contribution in [3.8, 4) is 0 Å². The number of ketones is 1. The predicted molar refractivity (Wildman–Crippen MR) is 103 cm³/mol. The molecule has 0 atom stereocenters. The summed E-state index contributed by atoms with van der Waals surface area (Å²) in [5.74, 6) is 0.143. The first kappa shape index (κ1) is 18.2. The van der Waals surface area contributed by atoms with E-state index in [4.69, 9.17) is 0 Å². The number of hydrogen-bond donors (Lipinski definition) is 1. The molecule has 124 valence electrons. The quantitative estimate of drug-likeness (QED) is 0.823. The van der Waals surface area contributed by atoms with Crippen LogP contribution in [0.1, 0.15) is 22.3 Å². The van der Waals surface area contributed by atoms with Gasteiger partial charge in [0.25, 0.3) is 0 Å². The standard InChI is InChI=1S/C21H21NO.ClH/c1-15-3-7-17(8-4-15)11-19-13-22-14-20(21(19)23)12-18-9-5-16(2)6-10-18;/h3-12,22H,13-14H2,1-2H3;1H. The van der Waals surface area contributed by atoms with Crippen LogP contribution in [-0.4, -0.2) is 18.9 Å². The summed E-state index contributed by atoms with van der Waals surface area (Å²) in [6.45, 7) is 5.37. The zero-order valence-electron chi connectivity index (χ0n) is 14.0. The molecule has 1 heterocycles. The molecule has 1 saturated heterocycles. The number of rotatable bonds is 2. The number of carbonyl (C=O) groups is 1. The minimum atomic E-state index is 0. The molecular weight excluding hydrogens is 318 g/mol. The van der Waals surface area contributed by atoms with E-state index in [0.717, 1.165) is 22.3 Å². The van der Waals surface area contributed by atoms with Crippen LogP contribution < -0.4 is 5.32 Å². The minimum Gasteiger partial charge on any atom is -0.308 e. The summed E-state index contributed by atoms with van der Waals surface area (Å²) in [7, 11) is 0. The SMILES string of the molecule is Cc1ccc(C=C2CNCC(=Cc3ccc(C)cc3)C2=O)cc1.Cl. The molecule has 3 heteroatoms. The van der Waals surface area contributed by atoms with Gasteiger partial charge < -0.3 is 5.32 Å². The number of hydrogen-bond acceptors (Lipinski definition) is 2. The van der Waals surface area contributed by atoms with Crippen molar-refractivity contribution < 1.29 is 4.79 Å². The van der Waals surface area contributed by atoms with Gasteiger partial charge in [0.15, 0.2) is 5.78 Å². The molecule has 2 nitrogen and oxygen atoms in total. The summed E-state index contributed by atoms with van der Waals surface area (Å²) in [6, 6.07) is 16.5. The number of aryl methyl sites for hydroxylation is 2. The number of carbonyl (C=O) groups excluding carboxylic acids is 1. The van der Waals surface area contributed by atoms with E-state index in [1.165, 1.54) is 11.1 Å². The number of nitrogens with one attached hydrogen (secondary N) is 1. The molecule has 0 unspecified atom stereocenters. The predicted octanol–water partition coefficient (Wildman–Crippen LogP) is 4.36. The van der Waals surface area contributed by atoms with Crippen molar-refractivity contribution in [3.63, 3.8) is 0 Å². The second-order valence-corrected chi connectivity index (χ2v) is 6.09. The van der Waals surface area contributed by atoms with E-state index in [-0.39, 0.29) is 18.2 Å². The average Bonchev–Trinajstić information content (AvgIpc) is 2.55. The molecule has 3 rings (SSSR count). The highest BCUT2D eigenvalue weighted by Crippen LogP contribution is 2.18. The van der Waals surface area contributed by atoms with E-state index in [0.29, 0.717) is 13.1 Å². The van der Waals surface area contributed by atoms with E-state index < -0.39 is 0 Å². The van der Waals surface area contributed by atoms with E-state index in [2.05, 4.69) is 43.4 Å². The Hall–Kier alpha value is -2.16. The lowest BCUT2D eigenvalue weighted by Gasteiger charge is -2.18. The van der Waals surface area contributed by atoms with E-state index in [9.17, 15) is 4.79 Å². The first-order chi connectivity index (χ1) is 11.1. The van der Waals surface area contributed by atoms with Gasteiger partial charge in [-0.15, -0.1) is 12.4 Å². The Morgan fingerprint density at radius 3 is 1.50 bits per heavy atom. The Morgan fingerprint density at radius 1 is 0.750 bits per heavy atom. The molecule has 0 radical (unpaired) electrons. The Bertz CT molecular complexity index is 705. The Labute approximate surface area is 149 Å². The smallest absolute Gasteiger partial charge is 0.187 e.